The molecule has 152 valence electrons. The molecule has 0 unspecified atom stereocenters. The van der Waals surface area contributed by atoms with Crippen LogP contribution in [0.3, 0.4) is 0 Å². The van der Waals surface area contributed by atoms with Crippen LogP contribution in [0.5, 0.6) is 17.2 Å². The van der Waals surface area contributed by atoms with E-state index in [9.17, 15) is 9.90 Å². The van der Waals surface area contributed by atoms with Gasteiger partial charge in [0.2, 0.25) is 0 Å². The van der Waals surface area contributed by atoms with Crippen LogP contribution in [0.2, 0.25) is 0 Å². The molecule has 0 atom stereocenters. The second kappa shape index (κ2) is 9.13. The number of unbranched alkanes of at least 4 members (excludes halogenated alkanes) is 1. The number of aromatic carboxylic acids is 1. The van der Waals surface area contributed by atoms with Crippen molar-refractivity contribution in [1.82, 2.24) is 4.98 Å². The molecule has 6 nitrogen and oxygen atoms in total. The van der Waals surface area contributed by atoms with Gasteiger partial charge in [-0.05, 0) is 46.6 Å². The molecule has 0 spiro atoms. The number of carbonyl (C=O) groups is 1. The molecule has 7 heteroatoms. The van der Waals surface area contributed by atoms with E-state index in [0.29, 0.717) is 50.5 Å². The zero-order chi connectivity index (χ0) is 21.0. The normalized spacial score (nSPS) is 10.8. The van der Waals surface area contributed by atoms with Crippen molar-refractivity contribution in [3.63, 3.8) is 0 Å². The third-order valence-corrected chi connectivity index (χ3v) is 5.11. The number of hydrogen-bond acceptors (Lipinski definition) is 5. The SMILES string of the molecule is CCCCOc1c(Br)cc(-c2cc(C(=O)O)c3cccc(OC)c3n2)cc1OC. The highest BCUT2D eigenvalue weighted by Crippen LogP contribution is 2.40. The topological polar surface area (TPSA) is 77.9 Å². The average molecular weight is 460 g/mol. The number of ether oxygens (including phenoxy) is 3. The van der Waals surface area contributed by atoms with E-state index in [1.807, 2.05) is 6.07 Å². The molecule has 0 aliphatic heterocycles. The van der Waals surface area contributed by atoms with E-state index in [2.05, 4.69) is 27.8 Å². The van der Waals surface area contributed by atoms with Crippen LogP contribution in [-0.4, -0.2) is 36.9 Å². The lowest BCUT2D eigenvalue weighted by Crippen LogP contribution is -2.02. The predicted molar refractivity (Wildman–Crippen MR) is 115 cm³/mol. The number of carboxylic acids is 1. The van der Waals surface area contributed by atoms with E-state index in [1.54, 1.807) is 37.4 Å². The summed E-state index contributed by atoms with van der Waals surface area (Å²) in [6.07, 6.45) is 1.96. The van der Waals surface area contributed by atoms with E-state index in [-0.39, 0.29) is 5.56 Å². The summed E-state index contributed by atoms with van der Waals surface area (Å²) in [5.41, 5.74) is 1.84. The zero-order valence-corrected chi connectivity index (χ0v) is 18.1. The van der Waals surface area contributed by atoms with Gasteiger partial charge in [0.15, 0.2) is 11.5 Å². The highest BCUT2D eigenvalue weighted by molar-refractivity contribution is 9.10. The molecular weight excluding hydrogens is 438 g/mol. The third kappa shape index (κ3) is 4.29. The summed E-state index contributed by atoms with van der Waals surface area (Å²) in [5.74, 6) is 0.639. The largest absolute Gasteiger partial charge is 0.494 e. The molecule has 0 amide bonds. The Hall–Kier alpha value is -2.80. The van der Waals surface area contributed by atoms with Gasteiger partial charge in [0, 0.05) is 10.9 Å². The number of rotatable bonds is 8. The van der Waals surface area contributed by atoms with Gasteiger partial charge >= 0.3 is 5.97 Å². The molecule has 1 aromatic heterocycles. The van der Waals surface area contributed by atoms with Gasteiger partial charge in [0.25, 0.3) is 0 Å². The molecule has 0 radical (unpaired) electrons. The first kappa shape index (κ1) is 20.9. The Balaban J connectivity index is 2.17. The summed E-state index contributed by atoms with van der Waals surface area (Å²) < 4.78 is 17.5. The van der Waals surface area contributed by atoms with E-state index in [1.165, 1.54) is 7.11 Å². The molecule has 1 N–H and O–H groups in total. The van der Waals surface area contributed by atoms with Crippen molar-refractivity contribution in [2.75, 3.05) is 20.8 Å². The molecular formula is C22H22BrNO5. The first-order chi connectivity index (χ1) is 14.0. The Labute approximate surface area is 177 Å². The Morgan fingerprint density at radius 2 is 1.90 bits per heavy atom. The maximum Gasteiger partial charge on any atom is 0.336 e. The van der Waals surface area contributed by atoms with E-state index in [4.69, 9.17) is 14.2 Å². The molecule has 0 saturated carbocycles. The molecule has 0 aliphatic carbocycles. The molecule has 29 heavy (non-hydrogen) atoms. The van der Waals surface area contributed by atoms with Gasteiger partial charge < -0.3 is 19.3 Å². The number of carboxylic acid groups (broad SMARTS) is 1. The van der Waals surface area contributed by atoms with Crippen LogP contribution in [0.4, 0.5) is 0 Å². The number of nitrogens with zero attached hydrogens (tertiary/aromatic N) is 1. The number of halogens is 1. The Bertz CT molecular complexity index is 1050. The highest BCUT2D eigenvalue weighted by atomic mass is 79.9. The van der Waals surface area contributed by atoms with Crippen LogP contribution in [-0.2, 0) is 0 Å². The summed E-state index contributed by atoms with van der Waals surface area (Å²) in [6, 6.07) is 10.4. The molecule has 1 heterocycles. The van der Waals surface area contributed by atoms with Gasteiger partial charge in [-0.3, -0.25) is 0 Å². The lowest BCUT2D eigenvalue weighted by molar-refractivity contribution is 0.0699. The van der Waals surface area contributed by atoms with Crippen LogP contribution >= 0.6 is 15.9 Å². The summed E-state index contributed by atoms with van der Waals surface area (Å²) in [4.78, 5) is 16.5. The minimum Gasteiger partial charge on any atom is -0.494 e. The van der Waals surface area contributed by atoms with Crippen LogP contribution in [0.1, 0.15) is 30.1 Å². The van der Waals surface area contributed by atoms with Crippen molar-refractivity contribution in [1.29, 1.82) is 0 Å². The third-order valence-electron chi connectivity index (χ3n) is 4.52. The smallest absolute Gasteiger partial charge is 0.336 e. The highest BCUT2D eigenvalue weighted by Gasteiger charge is 2.18. The van der Waals surface area contributed by atoms with Crippen LogP contribution < -0.4 is 14.2 Å². The lowest BCUT2D eigenvalue weighted by atomic mass is 10.0. The molecule has 3 aromatic rings. The van der Waals surface area contributed by atoms with Crippen molar-refractivity contribution in [2.45, 2.75) is 19.8 Å². The Kier molecular flexibility index (Phi) is 6.59. The number of hydrogen-bond donors (Lipinski definition) is 1. The fourth-order valence-corrected chi connectivity index (χ4v) is 3.59. The number of para-hydroxylation sites is 1. The van der Waals surface area contributed by atoms with Gasteiger partial charge in [-0.15, -0.1) is 0 Å². The van der Waals surface area contributed by atoms with E-state index >= 15 is 0 Å². The fourth-order valence-electron chi connectivity index (χ4n) is 3.04. The monoisotopic (exact) mass is 459 g/mol. The van der Waals surface area contributed by atoms with Gasteiger partial charge in [0.05, 0.1) is 36.6 Å². The number of pyridine rings is 1. The van der Waals surface area contributed by atoms with Crippen molar-refractivity contribution < 1.29 is 24.1 Å². The van der Waals surface area contributed by atoms with E-state index in [0.717, 1.165) is 12.8 Å². The molecule has 0 aliphatic rings. The summed E-state index contributed by atoms with van der Waals surface area (Å²) in [7, 11) is 3.10. The number of benzene rings is 2. The number of methoxy groups -OCH3 is 2. The van der Waals surface area contributed by atoms with Crippen molar-refractivity contribution in [3.05, 3.63) is 46.4 Å². The molecule has 3 rings (SSSR count). The Morgan fingerprint density at radius 1 is 1.14 bits per heavy atom. The first-order valence-electron chi connectivity index (χ1n) is 9.21. The lowest BCUT2D eigenvalue weighted by Gasteiger charge is -2.15. The average Bonchev–Trinajstić information content (AvgIpc) is 2.73. The number of fused-ring (bicyclic) bond motifs is 1. The van der Waals surface area contributed by atoms with Crippen molar-refractivity contribution in [2.24, 2.45) is 0 Å². The second-order valence-electron chi connectivity index (χ2n) is 6.41. The fraction of sp³-hybridized carbons (Fsp3) is 0.273. The van der Waals surface area contributed by atoms with Gasteiger partial charge in [-0.2, -0.15) is 0 Å². The van der Waals surface area contributed by atoms with Gasteiger partial charge in [0.1, 0.15) is 11.3 Å². The quantitative estimate of drug-likeness (QED) is 0.444. The summed E-state index contributed by atoms with van der Waals surface area (Å²) >= 11 is 3.54. The van der Waals surface area contributed by atoms with Crippen molar-refractivity contribution >= 4 is 32.8 Å². The van der Waals surface area contributed by atoms with Crippen LogP contribution in [0.25, 0.3) is 22.2 Å². The molecule has 2 aromatic carbocycles. The first-order valence-corrected chi connectivity index (χ1v) is 10.0. The minimum absolute atomic E-state index is 0.155. The second-order valence-corrected chi connectivity index (χ2v) is 7.26. The minimum atomic E-state index is -1.03. The molecule has 0 saturated heterocycles. The molecule has 0 fully saturated rings. The maximum atomic E-state index is 11.9. The van der Waals surface area contributed by atoms with Crippen LogP contribution in [0.15, 0.2) is 40.9 Å². The van der Waals surface area contributed by atoms with Crippen LogP contribution in [0, 0.1) is 0 Å². The summed E-state index contributed by atoms with van der Waals surface area (Å²) in [6.45, 7) is 2.68. The number of aromatic nitrogens is 1. The standard InChI is InChI=1S/C22H22BrNO5/c1-4-5-9-29-21-16(23)10-13(11-19(21)28-3)17-12-15(22(25)26)14-7-6-8-18(27-2)20(14)24-17/h6-8,10-12H,4-5,9H2,1-3H3,(H,25,26). The zero-order valence-electron chi connectivity index (χ0n) is 16.5. The van der Waals surface area contributed by atoms with Crippen molar-refractivity contribution in [3.8, 4) is 28.5 Å². The predicted octanol–water partition coefficient (Wildman–Crippen LogP) is 5.56. The van der Waals surface area contributed by atoms with Gasteiger partial charge in [-0.25, -0.2) is 9.78 Å². The Morgan fingerprint density at radius 3 is 2.55 bits per heavy atom. The summed E-state index contributed by atoms with van der Waals surface area (Å²) in [5, 5.41) is 10.2. The van der Waals surface area contributed by atoms with E-state index < -0.39 is 5.97 Å². The maximum absolute atomic E-state index is 11.9. The molecule has 0 bridgehead atoms. The van der Waals surface area contributed by atoms with Gasteiger partial charge in [-0.1, -0.05) is 25.5 Å².